The van der Waals surface area contributed by atoms with Gasteiger partial charge in [0.25, 0.3) is 0 Å². The number of hydrogen-bond donors (Lipinski definition) is 1. The molecule has 0 aliphatic carbocycles. The van der Waals surface area contributed by atoms with E-state index in [9.17, 15) is 5.11 Å². The summed E-state index contributed by atoms with van der Waals surface area (Å²) in [6, 6.07) is 15.9. The predicted molar refractivity (Wildman–Crippen MR) is 82.2 cm³/mol. The molecule has 2 aromatic rings. The number of benzene rings is 2. The van der Waals surface area contributed by atoms with Crippen LogP contribution in [0.25, 0.3) is 0 Å². The Balaban J connectivity index is 1.96. The zero-order valence-electron chi connectivity index (χ0n) is 12.3. The van der Waals surface area contributed by atoms with Gasteiger partial charge in [-0.05, 0) is 41.7 Å². The number of ether oxygens (including phenoxy) is 1. The first kappa shape index (κ1) is 14.6. The van der Waals surface area contributed by atoms with E-state index in [1.54, 1.807) is 0 Å². The smallest absolute Gasteiger partial charge is 0.119 e. The van der Waals surface area contributed by atoms with Gasteiger partial charge in [-0.2, -0.15) is 0 Å². The largest absolute Gasteiger partial charge is 0.491 e. The third kappa shape index (κ3) is 3.61. The lowest BCUT2D eigenvalue weighted by molar-refractivity contribution is 0.107. The fraction of sp³-hybridized carbons (Fsp3) is 0.333. The molecule has 0 aliphatic heterocycles. The van der Waals surface area contributed by atoms with Crippen molar-refractivity contribution in [2.24, 2.45) is 0 Å². The fourth-order valence-electron chi connectivity index (χ4n) is 2.17. The van der Waals surface area contributed by atoms with Gasteiger partial charge in [0.2, 0.25) is 0 Å². The zero-order chi connectivity index (χ0) is 14.5. The molecule has 0 aromatic heterocycles. The monoisotopic (exact) mass is 270 g/mol. The minimum Gasteiger partial charge on any atom is -0.491 e. The third-order valence-corrected chi connectivity index (χ3v) is 3.50. The molecular formula is C18H22O2. The second kappa shape index (κ2) is 6.58. The predicted octanol–water partition coefficient (Wildman–Crippen LogP) is 4.23. The molecule has 20 heavy (non-hydrogen) atoms. The minimum atomic E-state index is -0.596. The van der Waals surface area contributed by atoms with Crippen molar-refractivity contribution in [3.05, 3.63) is 65.2 Å². The highest BCUT2D eigenvalue weighted by Gasteiger charge is 2.10. The number of aliphatic hydroxyl groups excluding tert-OH is 1. The first-order valence-electron chi connectivity index (χ1n) is 7.04. The lowest BCUT2D eigenvalue weighted by atomic mass is 10.0. The molecule has 2 aromatic carbocycles. The first-order chi connectivity index (χ1) is 9.58. The SMILES string of the molecule is Cc1ccccc1C(O)COc1ccc(C(C)C)cc1. The second-order valence-electron chi connectivity index (χ2n) is 5.41. The normalized spacial score (nSPS) is 12.4. The van der Waals surface area contributed by atoms with Gasteiger partial charge in [-0.15, -0.1) is 0 Å². The van der Waals surface area contributed by atoms with Crippen LogP contribution in [0.3, 0.4) is 0 Å². The Hall–Kier alpha value is -1.80. The molecule has 0 saturated carbocycles. The molecule has 2 rings (SSSR count). The molecular weight excluding hydrogens is 248 g/mol. The molecule has 0 fully saturated rings. The van der Waals surface area contributed by atoms with Crippen LogP contribution in [-0.4, -0.2) is 11.7 Å². The Kier molecular flexibility index (Phi) is 4.80. The molecule has 0 spiro atoms. The highest BCUT2D eigenvalue weighted by atomic mass is 16.5. The van der Waals surface area contributed by atoms with Gasteiger partial charge in [-0.1, -0.05) is 50.2 Å². The van der Waals surface area contributed by atoms with E-state index < -0.39 is 6.10 Å². The van der Waals surface area contributed by atoms with E-state index in [0.29, 0.717) is 5.92 Å². The van der Waals surface area contributed by atoms with Crippen LogP contribution in [-0.2, 0) is 0 Å². The Labute approximate surface area is 121 Å². The van der Waals surface area contributed by atoms with E-state index in [4.69, 9.17) is 4.74 Å². The van der Waals surface area contributed by atoms with Crippen molar-refractivity contribution < 1.29 is 9.84 Å². The van der Waals surface area contributed by atoms with Crippen LogP contribution in [0.2, 0.25) is 0 Å². The summed E-state index contributed by atoms with van der Waals surface area (Å²) in [5.74, 6) is 1.31. The Morgan fingerprint density at radius 1 is 1.00 bits per heavy atom. The Bertz CT molecular complexity index is 544. The summed E-state index contributed by atoms with van der Waals surface area (Å²) < 4.78 is 5.66. The average molecular weight is 270 g/mol. The summed E-state index contributed by atoms with van der Waals surface area (Å²) in [5.41, 5.74) is 3.29. The maximum absolute atomic E-state index is 10.2. The van der Waals surface area contributed by atoms with Gasteiger partial charge < -0.3 is 9.84 Å². The minimum absolute atomic E-state index is 0.270. The fourth-order valence-corrected chi connectivity index (χ4v) is 2.17. The molecule has 106 valence electrons. The molecule has 0 aliphatic rings. The molecule has 1 atom stereocenters. The molecule has 2 heteroatoms. The zero-order valence-corrected chi connectivity index (χ0v) is 12.3. The number of rotatable bonds is 5. The van der Waals surface area contributed by atoms with Crippen molar-refractivity contribution in [2.75, 3.05) is 6.61 Å². The summed E-state index contributed by atoms with van der Waals surface area (Å²) in [4.78, 5) is 0. The van der Waals surface area contributed by atoms with E-state index in [1.165, 1.54) is 5.56 Å². The van der Waals surface area contributed by atoms with Crippen molar-refractivity contribution >= 4 is 0 Å². The van der Waals surface area contributed by atoms with Gasteiger partial charge in [0.05, 0.1) is 0 Å². The van der Waals surface area contributed by atoms with Gasteiger partial charge in [0.15, 0.2) is 0 Å². The third-order valence-electron chi connectivity index (χ3n) is 3.50. The van der Waals surface area contributed by atoms with Crippen LogP contribution in [0.15, 0.2) is 48.5 Å². The molecule has 0 amide bonds. The van der Waals surface area contributed by atoms with Crippen LogP contribution >= 0.6 is 0 Å². The van der Waals surface area contributed by atoms with Gasteiger partial charge >= 0.3 is 0 Å². The first-order valence-corrected chi connectivity index (χ1v) is 7.04. The van der Waals surface area contributed by atoms with E-state index in [-0.39, 0.29) is 6.61 Å². The van der Waals surface area contributed by atoms with Crippen molar-refractivity contribution in [3.8, 4) is 5.75 Å². The van der Waals surface area contributed by atoms with Gasteiger partial charge in [-0.3, -0.25) is 0 Å². The molecule has 1 unspecified atom stereocenters. The second-order valence-corrected chi connectivity index (χ2v) is 5.41. The quantitative estimate of drug-likeness (QED) is 0.881. The van der Waals surface area contributed by atoms with E-state index in [2.05, 4.69) is 26.0 Å². The maximum Gasteiger partial charge on any atom is 0.119 e. The summed E-state index contributed by atoms with van der Waals surface area (Å²) in [6.45, 7) is 6.59. The van der Waals surface area contributed by atoms with E-state index >= 15 is 0 Å². The number of hydrogen-bond acceptors (Lipinski definition) is 2. The maximum atomic E-state index is 10.2. The van der Waals surface area contributed by atoms with Crippen LogP contribution in [0.5, 0.6) is 5.75 Å². The van der Waals surface area contributed by atoms with Gasteiger partial charge in [-0.25, -0.2) is 0 Å². The lowest BCUT2D eigenvalue weighted by Crippen LogP contribution is -2.10. The Morgan fingerprint density at radius 2 is 1.65 bits per heavy atom. The molecule has 0 bridgehead atoms. The van der Waals surface area contributed by atoms with Crippen LogP contribution in [0.1, 0.15) is 42.6 Å². The summed E-state index contributed by atoms with van der Waals surface area (Å²) in [7, 11) is 0. The van der Waals surface area contributed by atoms with E-state index in [0.717, 1.165) is 16.9 Å². The topological polar surface area (TPSA) is 29.5 Å². The summed E-state index contributed by atoms with van der Waals surface area (Å²) in [5, 5.41) is 10.2. The van der Waals surface area contributed by atoms with Gasteiger partial charge in [0.1, 0.15) is 18.5 Å². The standard InChI is InChI=1S/C18H22O2/c1-13(2)15-8-10-16(11-9-15)20-12-18(19)17-7-5-4-6-14(17)3/h4-11,13,18-19H,12H2,1-3H3. The summed E-state index contributed by atoms with van der Waals surface area (Å²) >= 11 is 0. The molecule has 2 nitrogen and oxygen atoms in total. The summed E-state index contributed by atoms with van der Waals surface area (Å²) in [6.07, 6.45) is -0.596. The molecule has 1 N–H and O–H groups in total. The molecule has 0 heterocycles. The Morgan fingerprint density at radius 3 is 2.25 bits per heavy atom. The van der Waals surface area contributed by atoms with E-state index in [1.807, 2.05) is 43.3 Å². The average Bonchev–Trinajstić information content (AvgIpc) is 2.45. The lowest BCUT2D eigenvalue weighted by Gasteiger charge is -2.15. The molecule has 0 saturated heterocycles. The highest BCUT2D eigenvalue weighted by Crippen LogP contribution is 2.21. The van der Waals surface area contributed by atoms with Gasteiger partial charge in [0, 0.05) is 0 Å². The van der Waals surface area contributed by atoms with Crippen molar-refractivity contribution in [1.29, 1.82) is 0 Å². The molecule has 0 radical (unpaired) electrons. The van der Waals surface area contributed by atoms with Crippen LogP contribution < -0.4 is 4.74 Å². The number of aryl methyl sites for hydroxylation is 1. The van der Waals surface area contributed by atoms with Crippen LogP contribution in [0.4, 0.5) is 0 Å². The van der Waals surface area contributed by atoms with Crippen LogP contribution in [0, 0.1) is 6.92 Å². The van der Waals surface area contributed by atoms with Crippen molar-refractivity contribution in [1.82, 2.24) is 0 Å². The number of aliphatic hydroxyl groups is 1. The van der Waals surface area contributed by atoms with Crippen molar-refractivity contribution in [3.63, 3.8) is 0 Å². The van der Waals surface area contributed by atoms with Crippen molar-refractivity contribution in [2.45, 2.75) is 32.8 Å². The highest BCUT2D eigenvalue weighted by molar-refractivity contribution is 5.30.